The highest BCUT2D eigenvalue weighted by Crippen LogP contribution is 2.29. The number of aromatic nitrogens is 1. The first-order chi connectivity index (χ1) is 12.9. The maximum Gasteiger partial charge on any atom is 0.192 e. The predicted molar refractivity (Wildman–Crippen MR) is 113 cm³/mol. The molecule has 3 rings (SSSR count). The molecule has 0 bridgehead atoms. The number of allylic oxidation sites excluding steroid dienone is 4. The van der Waals surface area contributed by atoms with E-state index >= 15 is 0 Å². The molecule has 0 saturated heterocycles. The minimum Gasteiger partial charge on any atom is -0.347 e. The van der Waals surface area contributed by atoms with Gasteiger partial charge in [-0.3, -0.25) is 9.59 Å². The van der Waals surface area contributed by atoms with Crippen molar-refractivity contribution >= 4 is 23.0 Å². The summed E-state index contributed by atoms with van der Waals surface area (Å²) >= 11 is 0. The Morgan fingerprint density at radius 2 is 2.04 bits per heavy atom. The lowest BCUT2D eigenvalue weighted by molar-refractivity contribution is 0.101. The molecule has 1 aromatic carbocycles. The highest BCUT2D eigenvalue weighted by Gasteiger charge is 2.14. The Bertz CT molecular complexity index is 1030. The smallest absolute Gasteiger partial charge is 0.192 e. The van der Waals surface area contributed by atoms with Gasteiger partial charge in [0, 0.05) is 24.5 Å². The number of benzene rings is 1. The van der Waals surface area contributed by atoms with Crippen LogP contribution in [0.4, 0.5) is 0 Å². The van der Waals surface area contributed by atoms with E-state index in [4.69, 9.17) is 0 Å². The van der Waals surface area contributed by atoms with Crippen LogP contribution >= 0.6 is 0 Å². The van der Waals surface area contributed by atoms with Gasteiger partial charge in [-0.25, -0.2) is 0 Å². The number of hydrogen-bond donors (Lipinski definition) is 0. The Morgan fingerprint density at radius 1 is 1.26 bits per heavy atom. The van der Waals surface area contributed by atoms with Crippen molar-refractivity contribution in [1.29, 1.82) is 0 Å². The first-order valence-corrected chi connectivity index (χ1v) is 9.34. The van der Waals surface area contributed by atoms with Crippen molar-refractivity contribution < 1.29 is 4.79 Å². The summed E-state index contributed by atoms with van der Waals surface area (Å²) in [5.41, 5.74) is 6.42. The minimum atomic E-state index is -0.229. The third-order valence-corrected chi connectivity index (χ3v) is 4.94. The van der Waals surface area contributed by atoms with Crippen LogP contribution in [0.3, 0.4) is 0 Å². The molecule has 3 nitrogen and oxygen atoms in total. The third-order valence-electron chi connectivity index (χ3n) is 4.94. The van der Waals surface area contributed by atoms with Crippen LogP contribution in [-0.4, -0.2) is 10.4 Å². The van der Waals surface area contributed by atoms with E-state index in [2.05, 4.69) is 37.8 Å². The summed E-state index contributed by atoms with van der Waals surface area (Å²) in [5.74, 6) is -0.199. The van der Waals surface area contributed by atoms with Crippen LogP contribution in [0.1, 0.15) is 59.9 Å². The largest absolute Gasteiger partial charge is 0.347 e. The molecule has 0 saturated carbocycles. The zero-order chi connectivity index (χ0) is 19.6. The van der Waals surface area contributed by atoms with E-state index < -0.39 is 0 Å². The number of carbonyl (C=O) groups is 1. The molecule has 0 aliphatic heterocycles. The van der Waals surface area contributed by atoms with Gasteiger partial charge >= 0.3 is 0 Å². The van der Waals surface area contributed by atoms with Gasteiger partial charge in [-0.1, -0.05) is 43.9 Å². The molecular weight excluding hydrogens is 334 g/mol. The average molecular weight is 359 g/mol. The van der Waals surface area contributed by atoms with Crippen LogP contribution in [0.15, 0.2) is 54.0 Å². The number of Topliss-reactive ketones (excluding diaryl/α,β-unsaturated/α-hetero) is 1. The number of pyridine rings is 1. The van der Waals surface area contributed by atoms with Crippen LogP contribution in [0.2, 0.25) is 0 Å². The molecular formula is C24H25NO2. The first kappa shape index (κ1) is 18.8. The molecule has 3 heteroatoms. The summed E-state index contributed by atoms with van der Waals surface area (Å²) in [6.07, 6.45) is 9.86. The van der Waals surface area contributed by atoms with Crippen LogP contribution < -0.4 is 5.43 Å². The lowest BCUT2D eigenvalue weighted by atomic mass is 9.95. The van der Waals surface area contributed by atoms with Gasteiger partial charge in [0.1, 0.15) is 0 Å². The van der Waals surface area contributed by atoms with E-state index in [1.807, 2.05) is 23.6 Å². The monoisotopic (exact) mass is 359 g/mol. The van der Waals surface area contributed by atoms with Crippen LogP contribution in [0.25, 0.3) is 17.2 Å². The molecule has 27 heavy (non-hydrogen) atoms. The number of fused-ring (bicyclic) bond motifs is 1. The fourth-order valence-electron chi connectivity index (χ4n) is 3.61. The highest BCUT2D eigenvalue weighted by atomic mass is 16.1. The van der Waals surface area contributed by atoms with E-state index in [0.717, 1.165) is 41.8 Å². The van der Waals surface area contributed by atoms with Gasteiger partial charge in [0.25, 0.3) is 0 Å². The normalized spacial score (nSPS) is 12.9. The summed E-state index contributed by atoms with van der Waals surface area (Å²) in [5, 5.41) is 0. The van der Waals surface area contributed by atoms with E-state index in [1.54, 1.807) is 12.3 Å². The third kappa shape index (κ3) is 3.77. The first-order valence-electron chi connectivity index (χ1n) is 9.34. The Labute approximate surface area is 160 Å². The number of carbonyl (C=O) groups excluding carboxylic acids is 1. The number of rotatable bonds is 6. The standard InChI is InChI=1S/C24H25NO2/c1-5-12-25-15-22(18(4)26)24(27)14-23(25)17(3)13-16(2)20-10-6-8-19-9-7-11-21(19)20/h6-10,13-15H,2,5,11-12H2,1,3-4H3/b17-13+. The summed E-state index contributed by atoms with van der Waals surface area (Å²) in [6, 6.07) is 7.83. The SMILES string of the molecule is C=C(/C=C(\C)c1cc(=O)c(C(C)=O)cn1CCC)c1cccc2c1CC=C2. The molecule has 0 atom stereocenters. The Balaban J connectivity index is 2.02. The molecule has 1 aromatic heterocycles. The van der Waals surface area contributed by atoms with E-state index in [0.29, 0.717) is 0 Å². The van der Waals surface area contributed by atoms with Gasteiger partial charge in [0.05, 0.1) is 5.56 Å². The zero-order valence-corrected chi connectivity index (χ0v) is 16.2. The second-order valence-corrected chi connectivity index (χ2v) is 7.02. The second-order valence-electron chi connectivity index (χ2n) is 7.02. The van der Waals surface area contributed by atoms with Crippen molar-refractivity contribution in [3.05, 3.63) is 87.4 Å². The van der Waals surface area contributed by atoms with Crippen molar-refractivity contribution in [3.8, 4) is 0 Å². The molecule has 2 aromatic rings. The molecule has 0 fully saturated rings. The van der Waals surface area contributed by atoms with Gasteiger partial charge in [0.15, 0.2) is 11.2 Å². The van der Waals surface area contributed by atoms with Crippen molar-refractivity contribution in [3.63, 3.8) is 0 Å². The molecule has 1 aliphatic carbocycles. The van der Waals surface area contributed by atoms with Gasteiger partial charge < -0.3 is 4.57 Å². The van der Waals surface area contributed by atoms with Crippen LogP contribution in [0, 0.1) is 0 Å². The lowest BCUT2D eigenvalue weighted by Crippen LogP contribution is -2.18. The number of ketones is 1. The van der Waals surface area contributed by atoms with Crippen molar-refractivity contribution in [1.82, 2.24) is 4.57 Å². The highest BCUT2D eigenvalue weighted by molar-refractivity contribution is 5.94. The predicted octanol–water partition coefficient (Wildman–Crippen LogP) is 5.15. The van der Waals surface area contributed by atoms with E-state index in [1.165, 1.54) is 18.1 Å². The summed E-state index contributed by atoms with van der Waals surface area (Å²) in [7, 11) is 0. The number of aryl methyl sites for hydroxylation is 1. The van der Waals surface area contributed by atoms with Crippen LogP contribution in [-0.2, 0) is 13.0 Å². The molecule has 0 unspecified atom stereocenters. The van der Waals surface area contributed by atoms with Gasteiger partial charge in [-0.2, -0.15) is 0 Å². The quantitative estimate of drug-likeness (QED) is 0.529. The molecule has 1 aliphatic rings. The lowest BCUT2D eigenvalue weighted by Gasteiger charge is -2.15. The van der Waals surface area contributed by atoms with E-state index in [-0.39, 0.29) is 16.8 Å². The molecule has 0 amide bonds. The van der Waals surface area contributed by atoms with Crippen molar-refractivity contribution in [2.75, 3.05) is 0 Å². The van der Waals surface area contributed by atoms with Crippen LogP contribution in [0.5, 0.6) is 0 Å². The zero-order valence-electron chi connectivity index (χ0n) is 16.2. The number of nitrogens with zero attached hydrogens (tertiary/aromatic N) is 1. The maximum atomic E-state index is 12.4. The molecule has 138 valence electrons. The second kappa shape index (κ2) is 7.75. The summed E-state index contributed by atoms with van der Waals surface area (Å²) < 4.78 is 1.99. The Kier molecular flexibility index (Phi) is 5.41. The van der Waals surface area contributed by atoms with Crippen molar-refractivity contribution in [2.45, 2.75) is 40.2 Å². The molecule has 0 spiro atoms. The van der Waals surface area contributed by atoms with Crippen molar-refractivity contribution in [2.24, 2.45) is 0 Å². The average Bonchev–Trinajstić information content (AvgIpc) is 3.11. The fraction of sp³-hybridized carbons (Fsp3) is 0.250. The molecule has 0 radical (unpaired) electrons. The maximum absolute atomic E-state index is 12.4. The van der Waals surface area contributed by atoms with Gasteiger partial charge in [0.2, 0.25) is 0 Å². The Morgan fingerprint density at radius 3 is 2.74 bits per heavy atom. The number of hydrogen-bond acceptors (Lipinski definition) is 2. The fourth-order valence-corrected chi connectivity index (χ4v) is 3.61. The molecule has 0 N–H and O–H groups in total. The molecule has 1 heterocycles. The van der Waals surface area contributed by atoms with Gasteiger partial charge in [-0.15, -0.1) is 0 Å². The van der Waals surface area contributed by atoms with E-state index in [9.17, 15) is 9.59 Å². The topological polar surface area (TPSA) is 39.1 Å². The Hall–Kier alpha value is -2.94. The minimum absolute atomic E-state index is 0.199. The summed E-state index contributed by atoms with van der Waals surface area (Å²) in [6.45, 7) is 10.5. The van der Waals surface area contributed by atoms with Gasteiger partial charge in [-0.05, 0) is 60.6 Å². The summed E-state index contributed by atoms with van der Waals surface area (Å²) in [4.78, 5) is 24.1.